The van der Waals surface area contributed by atoms with Gasteiger partial charge in [0.25, 0.3) is 0 Å². The van der Waals surface area contributed by atoms with Crippen molar-refractivity contribution in [3.8, 4) is 0 Å². The van der Waals surface area contributed by atoms with Crippen molar-refractivity contribution in [1.82, 2.24) is 9.62 Å². The minimum atomic E-state index is -3.26. The zero-order chi connectivity index (χ0) is 13.1. The number of likely N-dealkylation sites (N-methyl/N-ethyl adjacent to an activating group) is 1. The van der Waals surface area contributed by atoms with Crippen LogP contribution in [0.1, 0.15) is 33.1 Å². The fourth-order valence-electron chi connectivity index (χ4n) is 1.85. The Kier molecular flexibility index (Phi) is 5.37. The highest BCUT2D eigenvalue weighted by Crippen LogP contribution is 2.26. The van der Waals surface area contributed by atoms with E-state index in [1.54, 1.807) is 0 Å². The van der Waals surface area contributed by atoms with Crippen molar-refractivity contribution in [2.75, 3.05) is 20.1 Å². The van der Waals surface area contributed by atoms with E-state index in [0.29, 0.717) is 19.0 Å². The van der Waals surface area contributed by atoms with E-state index < -0.39 is 15.3 Å². The van der Waals surface area contributed by atoms with Crippen molar-refractivity contribution in [3.05, 3.63) is 0 Å². The second kappa shape index (κ2) is 6.13. The number of rotatable bonds is 8. The normalized spacial score (nSPS) is 20.5. The third-order valence-electron chi connectivity index (χ3n) is 3.56. The number of nitrogens with two attached hydrogens (primary N) is 1. The van der Waals surface area contributed by atoms with Gasteiger partial charge in [0.2, 0.25) is 10.0 Å². The van der Waals surface area contributed by atoms with Gasteiger partial charge in [-0.2, -0.15) is 0 Å². The van der Waals surface area contributed by atoms with Crippen molar-refractivity contribution in [1.29, 1.82) is 0 Å². The van der Waals surface area contributed by atoms with Crippen LogP contribution >= 0.6 is 0 Å². The molecule has 0 spiro atoms. The molecule has 5 nitrogen and oxygen atoms in total. The van der Waals surface area contributed by atoms with Crippen LogP contribution < -0.4 is 10.5 Å². The van der Waals surface area contributed by atoms with Crippen molar-refractivity contribution in [3.63, 3.8) is 0 Å². The monoisotopic (exact) mass is 263 g/mol. The standard InChI is InChI=1S/C11H25N3O2S/c1-4-11(7-12)17(15,16)13-8-9(2)14(3)10-5-6-10/h9-11,13H,4-8,12H2,1-3H3. The van der Waals surface area contributed by atoms with E-state index in [4.69, 9.17) is 5.73 Å². The lowest BCUT2D eigenvalue weighted by Crippen LogP contribution is -2.45. The first-order valence-electron chi connectivity index (χ1n) is 6.32. The minimum Gasteiger partial charge on any atom is -0.329 e. The van der Waals surface area contributed by atoms with Crippen LogP contribution in [0.15, 0.2) is 0 Å². The van der Waals surface area contributed by atoms with Crippen LogP contribution in [0.3, 0.4) is 0 Å². The largest absolute Gasteiger partial charge is 0.329 e. The number of hydrogen-bond donors (Lipinski definition) is 2. The Hall–Kier alpha value is -0.170. The topological polar surface area (TPSA) is 75.4 Å². The first kappa shape index (κ1) is 14.9. The molecule has 0 aromatic rings. The Morgan fingerprint density at radius 3 is 2.47 bits per heavy atom. The molecule has 1 rings (SSSR count). The third-order valence-corrected chi connectivity index (χ3v) is 5.53. The highest BCUT2D eigenvalue weighted by atomic mass is 32.2. The van der Waals surface area contributed by atoms with Crippen LogP contribution in [0.5, 0.6) is 0 Å². The maximum atomic E-state index is 11.9. The summed E-state index contributed by atoms with van der Waals surface area (Å²) in [6.45, 7) is 4.53. The van der Waals surface area contributed by atoms with E-state index in [1.807, 2.05) is 13.8 Å². The van der Waals surface area contributed by atoms with E-state index in [0.717, 1.165) is 0 Å². The SMILES string of the molecule is CCC(CN)S(=O)(=O)NCC(C)N(C)C1CC1. The second-order valence-electron chi connectivity index (χ2n) is 4.91. The summed E-state index contributed by atoms with van der Waals surface area (Å²) in [6, 6.07) is 0.874. The second-order valence-corrected chi connectivity index (χ2v) is 6.95. The maximum Gasteiger partial charge on any atom is 0.215 e. The molecule has 0 aromatic carbocycles. The van der Waals surface area contributed by atoms with Gasteiger partial charge in [0.1, 0.15) is 0 Å². The number of sulfonamides is 1. The lowest BCUT2D eigenvalue weighted by atomic mass is 10.3. The van der Waals surface area contributed by atoms with Crippen molar-refractivity contribution in [2.45, 2.75) is 50.4 Å². The van der Waals surface area contributed by atoms with E-state index >= 15 is 0 Å². The van der Waals surface area contributed by atoms with Gasteiger partial charge in [0.05, 0.1) is 5.25 Å². The molecule has 2 unspecified atom stereocenters. The summed E-state index contributed by atoms with van der Waals surface area (Å²) in [5, 5.41) is -0.471. The summed E-state index contributed by atoms with van der Waals surface area (Å²) in [6.07, 6.45) is 3.01. The molecule has 102 valence electrons. The molecule has 0 saturated heterocycles. The summed E-state index contributed by atoms with van der Waals surface area (Å²) < 4.78 is 26.5. The molecular weight excluding hydrogens is 238 g/mol. The predicted octanol–water partition coefficient (Wildman–Crippen LogP) is 0.126. The summed E-state index contributed by atoms with van der Waals surface area (Å²) in [4.78, 5) is 2.24. The lowest BCUT2D eigenvalue weighted by molar-refractivity contribution is 0.248. The van der Waals surface area contributed by atoms with E-state index in [9.17, 15) is 8.42 Å². The molecule has 1 aliphatic carbocycles. The van der Waals surface area contributed by atoms with Crippen LogP contribution in [-0.4, -0.2) is 50.8 Å². The fourth-order valence-corrected chi connectivity index (χ4v) is 3.25. The molecule has 0 heterocycles. The van der Waals surface area contributed by atoms with Gasteiger partial charge in [0, 0.05) is 25.2 Å². The Labute approximate surface area is 105 Å². The quantitative estimate of drug-likeness (QED) is 0.652. The average molecular weight is 263 g/mol. The van der Waals surface area contributed by atoms with Crippen LogP contribution in [-0.2, 0) is 10.0 Å². The Morgan fingerprint density at radius 2 is 2.06 bits per heavy atom. The molecule has 1 saturated carbocycles. The van der Waals surface area contributed by atoms with E-state index in [1.165, 1.54) is 12.8 Å². The van der Waals surface area contributed by atoms with Crippen LogP contribution in [0.2, 0.25) is 0 Å². The van der Waals surface area contributed by atoms with E-state index in [-0.39, 0.29) is 12.6 Å². The highest BCUT2D eigenvalue weighted by molar-refractivity contribution is 7.90. The molecule has 17 heavy (non-hydrogen) atoms. The molecule has 6 heteroatoms. The lowest BCUT2D eigenvalue weighted by Gasteiger charge is -2.25. The van der Waals surface area contributed by atoms with Crippen molar-refractivity contribution < 1.29 is 8.42 Å². The van der Waals surface area contributed by atoms with Crippen molar-refractivity contribution in [2.24, 2.45) is 5.73 Å². The molecule has 1 fully saturated rings. The molecule has 0 amide bonds. The molecule has 0 aromatic heterocycles. The van der Waals surface area contributed by atoms with Crippen LogP contribution in [0.25, 0.3) is 0 Å². The Morgan fingerprint density at radius 1 is 1.47 bits per heavy atom. The number of nitrogens with one attached hydrogen (secondary N) is 1. The van der Waals surface area contributed by atoms with Gasteiger partial charge >= 0.3 is 0 Å². The minimum absolute atomic E-state index is 0.179. The van der Waals surface area contributed by atoms with Gasteiger partial charge < -0.3 is 5.73 Å². The molecule has 0 bridgehead atoms. The van der Waals surface area contributed by atoms with Gasteiger partial charge in [-0.1, -0.05) is 6.92 Å². The first-order valence-corrected chi connectivity index (χ1v) is 7.87. The van der Waals surface area contributed by atoms with Gasteiger partial charge in [-0.05, 0) is 33.2 Å². The summed E-state index contributed by atoms with van der Waals surface area (Å²) >= 11 is 0. The third kappa shape index (κ3) is 4.21. The maximum absolute atomic E-state index is 11.9. The Balaban J connectivity index is 2.42. The van der Waals surface area contributed by atoms with Gasteiger partial charge in [-0.25, -0.2) is 13.1 Å². The van der Waals surface area contributed by atoms with E-state index in [2.05, 4.69) is 16.7 Å². The average Bonchev–Trinajstić information content (AvgIpc) is 3.10. The Bertz CT molecular complexity index is 324. The molecular formula is C11H25N3O2S. The molecule has 0 radical (unpaired) electrons. The molecule has 2 atom stereocenters. The molecule has 0 aliphatic heterocycles. The van der Waals surface area contributed by atoms with Crippen LogP contribution in [0.4, 0.5) is 0 Å². The summed E-state index contributed by atoms with van der Waals surface area (Å²) in [7, 11) is -1.21. The van der Waals surface area contributed by atoms with Crippen molar-refractivity contribution >= 4 is 10.0 Å². The number of hydrogen-bond acceptors (Lipinski definition) is 4. The zero-order valence-corrected chi connectivity index (χ0v) is 11.8. The zero-order valence-electron chi connectivity index (χ0n) is 11.0. The molecule has 3 N–H and O–H groups in total. The van der Waals surface area contributed by atoms with Gasteiger partial charge in [-0.3, -0.25) is 4.90 Å². The summed E-state index contributed by atoms with van der Waals surface area (Å²) in [5.74, 6) is 0. The summed E-state index contributed by atoms with van der Waals surface area (Å²) in [5.41, 5.74) is 5.46. The predicted molar refractivity (Wildman–Crippen MR) is 70.3 cm³/mol. The molecule has 1 aliphatic rings. The number of nitrogens with zero attached hydrogens (tertiary/aromatic N) is 1. The first-order chi connectivity index (χ1) is 7.92. The fraction of sp³-hybridized carbons (Fsp3) is 1.00. The smallest absolute Gasteiger partial charge is 0.215 e. The van der Waals surface area contributed by atoms with Crippen LogP contribution in [0, 0.1) is 0 Å². The van der Waals surface area contributed by atoms with Gasteiger partial charge in [0.15, 0.2) is 0 Å². The highest BCUT2D eigenvalue weighted by Gasteiger charge is 2.30. The van der Waals surface area contributed by atoms with Gasteiger partial charge in [-0.15, -0.1) is 0 Å².